The predicted octanol–water partition coefficient (Wildman–Crippen LogP) is 16.6. The van der Waals surface area contributed by atoms with Crippen molar-refractivity contribution in [1.82, 2.24) is 23.7 Å². The van der Waals surface area contributed by atoms with Gasteiger partial charge in [-0.25, -0.2) is 9.97 Å². The second kappa shape index (κ2) is 14.6. The zero-order valence-corrected chi connectivity index (χ0v) is 37.3. The summed E-state index contributed by atoms with van der Waals surface area (Å²) in [6, 6.07) is 85.7. The number of hydrogen-bond donors (Lipinski definition) is 0. The van der Waals surface area contributed by atoms with Crippen LogP contribution in [0.5, 0.6) is 0 Å². The highest BCUT2D eigenvalue weighted by atomic mass is 15.0. The molecule has 0 aliphatic rings. The van der Waals surface area contributed by atoms with E-state index in [0.29, 0.717) is 5.82 Å². The van der Waals surface area contributed by atoms with Crippen LogP contribution in [0.25, 0.3) is 138 Å². The number of rotatable bonds is 5. The number of nitrogens with zero attached hydrogens (tertiary/aromatic N) is 5. The van der Waals surface area contributed by atoms with Gasteiger partial charge >= 0.3 is 0 Å². The van der Waals surface area contributed by atoms with Gasteiger partial charge in [0.05, 0.1) is 44.3 Å². The molecule has 0 atom stereocenters. The van der Waals surface area contributed by atoms with Gasteiger partial charge in [-0.1, -0.05) is 158 Å². The molecule has 0 amide bonds. The fourth-order valence-corrected chi connectivity index (χ4v) is 11.4. The van der Waals surface area contributed by atoms with Crippen LogP contribution in [-0.4, -0.2) is 23.7 Å². The lowest BCUT2D eigenvalue weighted by Crippen LogP contribution is -1.99. The number of para-hydroxylation sites is 4. The Hall–Kier alpha value is -9.32. The predicted molar refractivity (Wildman–Crippen MR) is 288 cm³/mol. The SMILES string of the molecule is c1cc(-c2nc(-c3cccc4ccccc34)nc3c2ccc2ccccc23)cc(-n2c3ccc(-n4c5ccccc5c5ccccc54)cc3c3cc(-n4c5ccccc5c5ccccc54)ccc32)c1. The Morgan fingerprint density at radius 2 is 0.696 bits per heavy atom. The van der Waals surface area contributed by atoms with Crippen molar-refractivity contribution in [3.05, 3.63) is 237 Å². The Morgan fingerprint density at radius 3 is 1.26 bits per heavy atom. The maximum atomic E-state index is 5.50. The van der Waals surface area contributed by atoms with Crippen molar-refractivity contribution in [2.24, 2.45) is 0 Å². The number of fused-ring (bicyclic) bond motifs is 13. The van der Waals surface area contributed by atoms with Crippen LogP contribution in [0.2, 0.25) is 0 Å². The van der Waals surface area contributed by atoms with E-state index in [4.69, 9.17) is 9.97 Å². The van der Waals surface area contributed by atoms with Gasteiger partial charge in [-0.3, -0.25) is 0 Å². The summed E-state index contributed by atoms with van der Waals surface area (Å²) in [5.74, 6) is 0.711. The van der Waals surface area contributed by atoms with Crippen molar-refractivity contribution in [2.45, 2.75) is 0 Å². The van der Waals surface area contributed by atoms with Crippen LogP contribution in [0.1, 0.15) is 0 Å². The van der Waals surface area contributed by atoms with E-state index in [2.05, 4.69) is 250 Å². The molecule has 5 nitrogen and oxygen atoms in total. The van der Waals surface area contributed by atoms with E-state index in [0.717, 1.165) is 77.4 Å². The Morgan fingerprint density at radius 1 is 0.261 bits per heavy atom. The molecule has 320 valence electrons. The highest BCUT2D eigenvalue weighted by Gasteiger charge is 2.21. The molecular formula is C64H39N5. The molecule has 0 spiro atoms. The van der Waals surface area contributed by atoms with Crippen molar-refractivity contribution in [3.8, 4) is 39.7 Å². The van der Waals surface area contributed by atoms with Crippen LogP contribution >= 0.6 is 0 Å². The summed E-state index contributed by atoms with van der Waals surface area (Å²) >= 11 is 0. The molecule has 0 radical (unpaired) electrons. The van der Waals surface area contributed by atoms with Crippen LogP contribution in [0.15, 0.2) is 237 Å². The standard InChI is InChI=1S/C64H39N5/c1-3-20-46-40(15-1)17-14-26-52(46)64-65-62(53-34-31-41-16-2-4-21-47(41)63(53)66-64)42-18-13-19-43(37-42)67-60-35-32-44(68-56-27-9-5-22-48(56)49-23-6-10-28-57(49)68)38-54(60)55-39-45(33-36-61(55)67)69-58-29-11-7-24-50(58)51-25-8-12-30-59(51)69/h1-39H. The van der Waals surface area contributed by atoms with Gasteiger partial charge in [0, 0.05) is 71.3 Å². The highest BCUT2D eigenvalue weighted by Crippen LogP contribution is 2.41. The van der Waals surface area contributed by atoms with E-state index in [1.807, 2.05) is 0 Å². The molecule has 0 saturated carbocycles. The molecule has 0 aliphatic carbocycles. The van der Waals surface area contributed by atoms with Crippen LogP contribution in [0.4, 0.5) is 0 Å². The second-order valence-electron chi connectivity index (χ2n) is 18.1. The lowest BCUT2D eigenvalue weighted by molar-refractivity contribution is 1.16. The van der Waals surface area contributed by atoms with E-state index >= 15 is 0 Å². The zero-order chi connectivity index (χ0) is 45.2. The topological polar surface area (TPSA) is 40.6 Å². The van der Waals surface area contributed by atoms with Crippen molar-refractivity contribution in [3.63, 3.8) is 0 Å². The minimum atomic E-state index is 0.711. The summed E-state index contributed by atoms with van der Waals surface area (Å²) in [4.78, 5) is 10.9. The van der Waals surface area contributed by atoms with Gasteiger partial charge in [-0.05, 0) is 95.0 Å². The third-order valence-electron chi connectivity index (χ3n) is 14.4. The third kappa shape index (κ3) is 5.59. The maximum Gasteiger partial charge on any atom is 0.161 e. The Bertz CT molecular complexity index is 4340. The molecular weight excluding hydrogens is 839 g/mol. The molecule has 11 aromatic carbocycles. The lowest BCUT2D eigenvalue weighted by atomic mass is 10.00. The van der Waals surface area contributed by atoms with Gasteiger partial charge in [-0.2, -0.15) is 0 Å². The van der Waals surface area contributed by atoms with Crippen LogP contribution < -0.4 is 0 Å². The summed E-state index contributed by atoms with van der Waals surface area (Å²) in [7, 11) is 0. The molecule has 15 aromatic rings. The van der Waals surface area contributed by atoms with Crippen LogP contribution in [0.3, 0.4) is 0 Å². The second-order valence-corrected chi connectivity index (χ2v) is 18.1. The van der Waals surface area contributed by atoms with Crippen molar-refractivity contribution in [1.29, 1.82) is 0 Å². The van der Waals surface area contributed by atoms with Gasteiger partial charge in [0.1, 0.15) is 0 Å². The first-order chi connectivity index (χ1) is 34.2. The van der Waals surface area contributed by atoms with E-state index in [9.17, 15) is 0 Å². The Balaban J connectivity index is 0.992. The van der Waals surface area contributed by atoms with E-state index in [1.54, 1.807) is 0 Å². The van der Waals surface area contributed by atoms with Gasteiger partial charge in [0.25, 0.3) is 0 Å². The summed E-state index contributed by atoms with van der Waals surface area (Å²) in [6.45, 7) is 0. The quantitative estimate of drug-likeness (QED) is 0.162. The van der Waals surface area contributed by atoms with Gasteiger partial charge in [0.15, 0.2) is 5.82 Å². The van der Waals surface area contributed by atoms with E-state index in [1.165, 1.54) is 54.4 Å². The average molecular weight is 878 g/mol. The number of hydrogen-bond acceptors (Lipinski definition) is 2. The summed E-state index contributed by atoms with van der Waals surface area (Å²) < 4.78 is 7.27. The molecule has 69 heavy (non-hydrogen) atoms. The largest absolute Gasteiger partial charge is 0.309 e. The van der Waals surface area contributed by atoms with Gasteiger partial charge in [-0.15, -0.1) is 0 Å². The number of aromatic nitrogens is 5. The minimum Gasteiger partial charge on any atom is -0.309 e. The fourth-order valence-electron chi connectivity index (χ4n) is 11.4. The summed E-state index contributed by atoms with van der Waals surface area (Å²) in [6.07, 6.45) is 0. The lowest BCUT2D eigenvalue weighted by Gasteiger charge is -2.15. The highest BCUT2D eigenvalue weighted by molar-refractivity contribution is 6.15. The molecule has 4 aromatic heterocycles. The molecule has 0 fully saturated rings. The van der Waals surface area contributed by atoms with Crippen LogP contribution in [-0.2, 0) is 0 Å². The molecule has 4 heterocycles. The van der Waals surface area contributed by atoms with Crippen molar-refractivity contribution < 1.29 is 0 Å². The van der Waals surface area contributed by atoms with Crippen molar-refractivity contribution >= 4 is 97.9 Å². The first kappa shape index (κ1) is 37.9. The molecule has 0 aliphatic heterocycles. The van der Waals surface area contributed by atoms with E-state index in [-0.39, 0.29) is 0 Å². The van der Waals surface area contributed by atoms with Crippen LogP contribution in [0, 0.1) is 0 Å². The van der Waals surface area contributed by atoms with E-state index < -0.39 is 0 Å². The molecule has 15 rings (SSSR count). The Labute approximate surface area is 396 Å². The summed E-state index contributed by atoms with van der Waals surface area (Å²) in [5.41, 5.74) is 14.2. The minimum absolute atomic E-state index is 0.711. The smallest absolute Gasteiger partial charge is 0.161 e. The Kier molecular flexibility index (Phi) is 8.00. The third-order valence-corrected chi connectivity index (χ3v) is 14.4. The monoisotopic (exact) mass is 877 g/mol. The zero-order valence-electron chi connectivity index (χ0n) is 37.3. The normalized spacial score (nSPS) is 12.1. The fraction of sp³-hybridized carbons (Fsp3) is 0. The molecule has 5 heteroatoms. The molecule has 0 N–H and O–H groups in total. The number of benzene rings is 11. The molecule has 0 bridgehead atoms. The molecule has 0 saturated heterocycles. The summed E-state index contributed by atoms with van der Waals surface area (Å²) in [5, 5.41) is 12.9. The molecule has 0 unspecified atom stereocenters. The van der Waals surface area contributed by atoms with Gasteiger partial charge in [0.2, 0.25) is 0 Å². The average Bonchev–Trinajstić information content (AvgIpc) is 4.05. The first-order valence-corrected chi connectivity index (χ1v) is 23.6. The first-order valence-electron chi connectivity index (χ1n) is 23.6. The van der Waals surface area contributed by atoms with Crippen molar-refractivity contribution in [2.75, 3.05) is 0 Å². The maximum absolute atomic E-state index is 5.50. The van der Waals surface area contributed by atoms with Gasteiger partial charge < -0.3 is 13.7 Å².